The number of ether oxygens (including phenoxy) is 1. The molecule has 0 bridgehead atoms. The lowest BCUT2D eigenvalue weighted by atomic mass is 10.1. The average Bonchev–Trinajstić information content (AvgIpc) is 3.15. The highest BCUT2D eigenvalue weighted by atomic mass is 32.1. The van der Waals surface area contributed by atoms with Crippen molar-refractivity contribution in [2.45, 2.75) is 13.0 Å². The molecule has 1 aliphatic heterocycles. The molecule has 0 aliphatic carbocycles. The van der Waals surface area contributed by atoms with Crippen LogP contribution in [0.1, 0.15) is 31.3 Å². The second-order valence-corrected chi connectivity index (χ2v) is 7.47. The first-order chi connectivity index (χ1) is 13.7. The summed E-state index contributed by atoms with van der Waals surface area (Å²) < 4.78 is 5.25. The third-order valence-electron chi connectivity index (χ3n) is 4.61. The highest BCUT2D eigenvalue weighted by molar-refractivity contribution is 7.15. The number of thiazole rings is 1. The molecule has 4 rings (SSSR count). The van der Waals surface area contributed by atoms with Gasteiger partial charge in [0.25, 0.3) is 11.8 Å². The van der Waals surface area contributed by atoms with Gasteiger partial charge in [-0.1, -0.05) is 41.7 Å². The Morgan fingerprint density at radius 2 is 1.86 bits per heavy atom. The van der Waals surface area contributed by atoms with E-state index in [4.69, 9.17) is 4.74 Å². The van der Waals surface area contributed by atoms with Gasteiger partial charge in [-0.2, -0.15) is 0 Å². The van der Waals surface area contributed by atoms with Crippen LogP contribution in [0.25, 0.3) is 0 Å². The van der Waals surface area contributed by atoms with E-state index < -0.39 is 0 Å². The molecule has 0 saturated carbocycles. The predicted molar refractivity (Wildman–Crippen MR) is 108 cm³/mol. The summed E-state index contributed by atoms with van der Waals surface area (Å²) in [6.45, 7) is 1.12. The van der Waals surface area contributed by atoms with Gasteiger partial charge in [-0.05, 0) is 24.3 Å². The Balaban J connectivity index is 1.48. The summed E-state index contributed by atoms with van der Waals surface area (Å²) in [6.07, 6.45) is 0.676. The Labute approximate surface area is 166 Å². The second kappa shape index (κ2) is 7.82. The van der Waals surface area contributed by atoms with E-state index in [2.05, 4.69) is 10.3 Å². The summed E-state index contributed by atoms with van der Waals surface area (Å²) >= 11 is 1.41. The maximum Gasteiger partial charge on any atom is 0.261 e. The minimum absolute atomic E-state index is 0.0132. The molecule has 28 heavy (non-hydrogen) atoms. The summed E-state index contributed by atoms with van der Waals surface area (Å²) in [6, 6.07) is 16.3. The standard InChI is InChI=1S/C21H19N3O3S/c1-27-17-10-6-5-9-15(17)19(25)23-21-22-16-11-12-24(13-18(16)28-21)20(26)14-7-3-2-4-8-14/h2-10H,11-13H2,1H3,(H,22,23,25). The highest BCUT2D eigenvalue weighted by Gasteiger charge is 2.25. The summed E-state index contributed by atoms with van der Waals surface area (Å²) in [5.41, 5.74) is 2.08. The van der Waals surface area contributed by atoms with Crippen LogP contribution in [0.2, 0.25) is 0 Å². The normalized spacial score (nSPS) is 13.0. The van der Waals surface area contributed by atoms with Crippen molar-refractivity contribution in [3.8, 4) is 5.75 Å². The number of rotatable bonds is 4. The molecule has 0 fully saturated rings. The van der Waals surface area contributed by atoms with E-state index in [0.29, 0.717) is 41.5 Å². The van der Waals surface area contributed by atoms with Crippen LogP contribution in [-0.2, 0) is 13.0 Å². The fourth-order valence-electron chi connectivity index (χ4n) is 3.18. The summed E-state index contributed by atoms with van der Waals surface area (Å²) in [5, 5.41) is 3.39. The lowest BCUT2D eigenvalue weighted by Crippen LogP contribution is -2.35. The molecule has 2 heterocycles. The second-order valence-electron chi connectivity index (χ2n) is 6.39. The number of aromatic nitrogens is 1. The van der Waals surface area contributed by atoms with Crippen molar-refractivity contribution in [1.82, 2.24) is 9.88 Å². The summed E-state index contributed by atoms with van der Waals surface area (Å²) in [7, 11) is 1.53. The van der Waals surface area contributed by atoms with E-state index in [-0.39, 0.29) is 11.8 Å². The lowest BCUT2D eigenvalue weighted by Gasteiger charge is -2.26. The maximum atomic E-state index is 12.7. The van der Waals surface area contributed by atoms with Gasteiger partial charge < -0.3 is 9.64 Å². The van der Waals surface area contributed by atoms with Crippen LogP contribution >= 0.6 is 11.3 Å². The topological polar surface area (TPSA) is 71.5 Å². The Hall–Kier alpha value is -3.19. The van der Waals surface area contributed by atoms with Crippen LogP contribution < -0.4 is 10.1 Å². The van der Waals surface area contributed by atoms with Gasteiger partial charge >= 0.3 is 0 Å². The molecule has 0 unspecified atom stereocenters. The monoisotopic (exact) mass is 393 g/mol. The number of hydrogen-bond acceptors (Lipinski definition) is 5. The van der Waals surface area contributed by atoms with Crippen molar-refractivity contribution in [1.29, 1.82) is 0 Å². The third-order valence-corrected chi connectivity index (χ3v) is 5.61. The summed E-state index contributed by atoms with van der Waals surface area (Å²) in [5.74, 6) is 0.265. The molecular weight excluding hydrogens is 374 g/mol. The molecular formula is C21H19N3O3S. The van der Waals surface area contributed by atoms with Crippen molar-refractivity contribution in [2.24, 2.45) is 0 Å². The number of benzene rings is 2. The molecule has 7 heteroatoms. The fourth-order valence-corrected chi connectivity index (χ4v) is 4.20. The first-order valence-electron chi connectivity index (χ1n) is 8.93. The maximum absolute atomic E-state index is 12.7. The number of nitrogens with zero attached hydrogens (tertiary/aromatic N) is 2. The molecule has 2 amide bonds. The average molecular weight is 393 g/mol. The van der Waals surface area contributed by atoms with Crippen LogP contribution in [0.5, 0.6) is 5.75 Å². The molecule has 1 aliphatic rings. The Morgan fingerprint density at radius 1 is 1.11 bits per heavy atom. The zero-order chi connectivity index (χ0) is 19.5. The molecule has 1 N–H and O–H groups in total. The minimum Gasteiger partial charge on any atom is -0.496 e. The molecule has 0 radical (unpaired) electrons. The van der Waals surface area contributed by atoms with Crippen LogP contribution in [0.4, 0.5) is 5.13 Å². The van der Waals surface area contributed by atoms with Crippen LogP contribution in [0.15, 0.2) is 54.6 Å². The minimum atomic E-state index is -0.263. The number of methoxy groups -OCH3 is 1. The molecule has 142 valence electrons. The number of anilines is 1. The van der Waals surface area contributed by atoms with Crippen LogP contribution in [-0.4, -0.2) is 35.4 Å². The van der Waals surface area contributed by atoms with Crippen molar-refractivity contribution in [3.63, 3.8) is 0 Å². The first kappa shape index (κ1) is 18.2. The zero-order valence-corrected chi connectivity index (χ0v) is 16.2. The molecule has 2 aromatic carbocycles. The van der Waals surface area contributed by atoms with E-state index in [1.807, 2.05) is 41.3 Å². The SMILES string of the molecule is COc1ccccc1C(=O)Nc1nc2c(s1)CN(C(=O)c1ccccc1)CC2. The smallest absolute Gasteiger partial charge is 0.261 e. The largest absolute Gasteiger partial charge is 0.496 e. The summed E-state index contributed by atoms with van der Waals surface area (Å²) in [4.78, 5) is 32.6. The van der Waals surface area contributed by atoms with Crippen LogP contribution in [0, 0.1) is 0 Å². The molecule has 0 atom stereocenters. The van der Waals surface area contributed by atoms with Crippen molar-refractivity contribution >= 4 is 28.3 Å². The number of hydrogen-bond donors (Lipinski definition) is 1. The van der Waals surface area contributed by atoms with Gasteiger partial charge in [-0.25, -0.2) is 4.98 Å². The van der Waals surface area contributed by atoms with Crippen LogP contribution in [0.3, 0.4) is 0 Å². The van der Waals surface area contributed by atoms with Gasteiger partial charge in [0.2, 0.25) is 0 Å². The van der Waals surface area contributed by atoms with Gasteiger partial charge in [0.15, 0.2) is 5.13 Å². The fraction of sp³-hybridized carbons (Fsp3) is 0.190. The number of fused-ring (bicyclic) bond motifs is 1. The molecule has 0 saturated heterocycles. The predicted octanol–water partition coefficient (Wildman–Crippen LogP) is 3.60. The van der Waals surface area contributed by atoms with Crippen molar-refractivity contribution in [2.75, 3.05) is 19.0 Å². The van der Waals surface area contributed by atoms with E-state index in [1.165, 1.54) is 18.4 Å². The Morgan fingerprint density at radius 3 is 2.64 bits per heavy atom. The number of amides is 2. The molecule has 0 spiro atoms. The molecule has 3 aromatic rings. The number of para-hydroxylation sites is 1. The van der Waals surface area contributed by atoms with Gasteiger partial charge in [-0.15, -0.1) is 0 Å². The van der Waals surface area contributed by atoms with Gasteiger partial charge in [0, 0.05) is 23.4 Å². The van der Waals surface area contributed by atoms with Gasteiger partial charge in [-0.3, -0.25) is 14.9 Å². The third kappa shape index (κ3) is 3.61. The number of carbonyl (C=O) groups excluding carboxylic acids is 2. The number of nitrogens with one attached hydrogen (secondary N) is 1. The van der Waals surface area contributed by atoms with E-state index >= 15 is 0 Å². The van der Waals surface area contributed by atoms with Gasteiger partial charge in [0.05, 0.1) is 24.9 Å². The van der Waals surface area contributed by atoms with Crippen molar-refractivity contribution in [3.05, 3.63) is 76.3 Å². The first-order valence-corrected chi connectivity index (χ1v) is 9.74. The Bertz CT molecular complexity index is 1020. The van der Waals surface area contributed by atoms with E-state index in [0.717, 1.165) is 10.6 Å². The lowest BCUT2D eigenvalue weighted by molar-refractivity contribution is 0.0736. The zero-order valence-electron chi connectivity index (χ0n) is 15.3. The molecule has 6 nitrogen and oxygen atoms in total. The van der Waals surface area contributed by atoms with Crippen molar-refractivity contribution < 1.29 is 14.3 Å². The Kier molecular flexibility index (Phi) is 5.08. The van der Waals surface area contributed by atoms with E-state index in [9.17, 15) is 9.59 Å². The van der Waals surface area contributed by atoms with Gasteiger partial charge in [0.1, 0.15) is 5.75 Å². The molecule has 1 aromatic heterocycles. The highest BCUT2D eigenvalue weighted by Crippen LogP contribution is 2.30. The quantitative estimate of drug-likeness (QED) is 0.735. The van der Waals surface area contributed by atoms with E-state index in [1.54, 1.807) is 18.2 Å². The number of carbonyl (C=O) groups is 2.